The average Bonchev–Trinajstić information content (AvgIpc) is 2.76. The van der Waals surface area contributed by atoms with Crippen LogP contribution < -0.4 is 19.7 Å². The molecule has 0 amide bonds. The normalized spacial score (nSPS) is 10.4. The van der Waals surface area contributed by atoms with Crippen molar-refractivity contribution in [3.63, 3.8) is 0 Å². The third-order valence-electron chi connectivity index (χ3n) is 4.32. The van der Waals surface area contributed by atoms with Crippen molar-refractivity contribution in [1.29, 1.82) is 0 Å². The van der Waals surface area contributed by atoms with Crippen LogP contribution in [0.1, 0.15) is 11.1 Å². The number of hydrogen-bond acceptors (Lipinski definition) is 8. The molecule has 1 N–H and O–H groups in total. The number of anilines is 2. The Bertz CT molecular complexity index is 891. The van der Waals surface area contributed by atoms with Gasteiger partial charge in [-0.1, -0.05) is 6.07 Å². The number of nitrogens with one attached hydrogen (secondary N) is 1. The summed E-state index contributed by atoms with van der Waals surface area (Å²) in [5, 5.41) is 11.3. The smallest absolute Gasteiger partial charge is 0.244 e. The minimum Gasteiger partial charge on any atom is -0.493 e. The predicted octanol–water partition coefficient (Wildman–Crippen LogP) is 2.57. The summed E-state index contributed by atoms with van der Waals surface area (Å²) in [6, 6.07) is 9.79. The highest BCUT2D eigenvalue weighted by atomic mass is 16.5. The van der Waals surface area contributed by atoms with E-state index < -0.39 is 0 Å². The zero-order chi connectivity index (χ0) is 19.8. The van der Waals surface area contributed by atoms with Crippen molar-refractivity contribution in [2.75, 3.05) is 38.0 Å². The number of ether oxygens (including phenoxy) is 2. The van der Waals surface area contributed by atoms with Crippen molar-refractivity contribution >= 4 is 11.8 Å². The lowest BCUT2D eigenvalue weighted by Gasteiger charge is -2.18. The van der Waals surface area contributed by atoms with Gasteiger partial charge in [0, 0.05) is 32.5 Å². The second kappa shape index (κ2) is 9.50. The Morgan fingerprint density at radius 3 is 2.54 bits per heavy atom. The SMILES string of the molecule is COc1ccc(CNc2nncc(N(C)CCc3ccncc3)n2)cc1OC. The summed E-state index contributed by atoms with van der Waals surface area (Å²) in [7, 11) is 5.22. The van der Waals surface area contributed by atoms with Crippen LogP contribution in [-0.2, 0) is 13.0 Å². The number of hydrogen-bond donors (Lipinski definition) is 1. The molecular formula is C20H24N6O2. The Morgan fingerprint density at radius 1 is 1.00 bits per heavy atom. The fraction of sp³-hybridized carbons (Fsp3) is 0.300. The van der Waals surface area contributed by atoms with Gasteiger partial charge in [-0.2, -0.15) is 10.1 Å². The van der Waals surface area contributed by atoms with Crippen LogP contribution in [0.2, 0.25) is 0 Å². The molecule has 0 saturated heterocycles. The summed E-state index contributed by atoms with van der Waals surface area (Å²) in [6.45, 7) is 1.37. The molecular weight excluding hydrogens is 356 g/mol. The van der Waals surface area contributed by atoms with E-state index in [0.717, 1.165) is 24.3 Å². The Hall–Kier alpha value is -3.42. The van der Waals surface area contributed by atoms with Crippen molar-refractivity contribution in [3.8, 4) is 11.5 Å². The number of nitrogens with zero attached hydrogens (tertiary/aromatic N) is 5. The maximum absolute atomic E-state index is 5.34. The first-order valence-corrected chi connectivity index (χ1v) is 8.94. The molecule has 2 heterocycles. The summed E-state index contributed by atoms with van der Waals surface area (Å²) in [6.07, 6.45) is 6.17. The molecule has 146 valence electrons. The summed E-state index contributed by atoms with van der Waals surface area (Å²) >= 11 is 0. The van der Waals surface area contributed by atoms with Crippen LogP contribution in [-0.4, -0.2) is 48.0 Å². The van der Waals surface area contributed by atoms with Gasteiger partial charge in [-0.05, 0) is 41.8 Å². The second-order valence-electron chi connectivity index (χ2n) is 6.21. The molecule has 0 aliphatic heterocycles. The van der Waals surface area contributed by atoms with E-state index in [0.29, 0.717) is 24.0 Å². The lowest BCUT2D eigenvalue weighted by atomic mass is 10.2. The second-order valence-corrected chi connectivity index (χ2v) is 6.21. The first kappa shape index (κ1) is 19.3. The molecule has 28 heavy (non-hydrogen) atoms. The van der Waals surface area contributed by atoms with E-state index >= 15 is 0 Å². The Kier molecular flexibility index (Phi) is 6.56. The molecule has 0 atom stereocenters. The van der Waals surface area contributed by atoms with Crippen molar-refractivity contribution in [1.82, 2.24) is 20.2 Å². The number of aromatic nitrogens is 4. The number of benzene rings is 1. The standard InChI is InChI=1S/C20H24N6O2/c1-26(11-8-15-6-9-21-10-7-15)19-14-23-25-20(24-19)22-13-16-4-5-17(27-2)18(12-16)28-3/h4-7,9-10,12,14H,8,11,13H2,1-3H3,(H,22,24,25). The van der Waals surface area contributed by atoms with Gasteiger partial charge in [0.1, 0.15) is 0 Å². The molecule has 3 rings (SSSR count). The van der Waals surface area contributed by atoms with Crippen LogP contribution in [0.15, 0.2) is 48.9 Å². The fourth-order valence-corrected chi connectivity index (χ4v) is 2.69. The molecule has 0 aliphatic carbocycles. The Labute approximate surface area is 164 Å². The molecule has 8 nitrogen and oxygen atoms in total. The number of pyridine rings is 1. The van der Waals surface area contributed by atoms with Gasteiger partial charge in [-0.25, -0.2) is 0 Å². The van der Waals surface area contributed by atoms with E-state index in [2.05, 4.69) is 30.4 Å². The lowest BCUT2D eigenvalue weighted by molar-refractivity contribution is 0.354. The lowest BCUT2D eigenvalue weighted by Crippen LogP contribution is -2.22. The van der Waals surface area contributed by atoms with Gasteiger partial charge >= 0.3 is 0 Å². The molecule has 3 aromatic rings. The van der Waals surface area contributed by atoms with E-state index in [-0.39, 0.29) is 0 Å². The minimum absolute atomic E-state index is 0.475. The largest absolute Gasteiger partial charge is 0.493 e. The van der Waals surface area contributed by atoms with Gasteiger partial charge in [-0.3, -0.25) is 4.98 Å². The predicted molar refractivity (Wildman–Crippen MR) is 108 cm³/mol. The van der Waals surface area contributed by atoms with Crippen LogP contribution in [0.5, 0.6) is 11.5 Å². The Morgan fingerprint density at radius 2 is 1.79 bits per heavy atom. The quantitative estimate of drug-likeness (QED) is 0.606. The summed E-state index contributed by atoms with van der Waals surface area (Å²) in [4.78, 5) is 10.6. The third kappa shape index (κ3) is 5.06. The third-order valence-corrected chi connectivity index (χ3v) is 4.32. The van der Waals surface area contributed by atoms with E-state index in [1.165, 1.54) is 5.56 Å². The van der Waals surface area contributed by atoms with E-state index in [4.69, 9.17) is 9.47 Å². The topological polar surface area (TPSA) is 85.3 Å². The zero-order valence-corrected chi connectivity index (χ0v) is 16.3. The molecule has 2 aromatic heterocycles. The van der Waals surface area contributed by atoms with Crippen molar-refractivity contribution in [3.05, 3.63) is 60.0 Å². The number of rotatable bonds is 9. The van der Waals surface area contributed by atoms with Crippen LogP contribution in [0.25, 0.3) is 0 Å². The minimum atomic E-state index is 0.475. The maximum Gasteiger partial charge on any atom is 0.244 e. The van der Waals surface area contributed by atoms with Crippen molar-refractivity contribution < 1.29 is 9.47 Å². The van der Waals surface area contributed by atoms with E-state index in [1.54, 1.807) is 32.8 Å². The fourth-order valence-electron chi connectivity index (χ4n) is 2.69. The highest BCUT2D eigenvalue weighted by Gasteiger charge is 2.08. The zero-order valence-electron chi connectivity index (χ0n) is 16.3. The van der Waals surface area contributed by atoms with Crippen molar-refractivity contribution in [2.24, 2.45) is 0 Å². The molecule has 0 bridgehead atoms. The maximum atomic E-state index is 5.34. The molecule has 0 radical (unpaired) electrons. The van der Waals surface area contributed by atoms with Gasteiger partial charge in [0.15, 0.2) is 17.3 Å². The van der Waals surface area contributed by atoms with Crippen LogP contribution in [0.4, 0.5) is 11.8 Å². The highest BCUT2D eigenvalue weighted by Crippen LogP contribution is 2.27. The molecule has 0 fully saturated rings. The molecule has 1 aromatic carbocycles. The number of methoxy groups -OCH3 is 2. The first-order chi connectivity index (χ1) is 13.7. The number of likely N-dealkylation sites (N-methyl/N-ethyl adjacent to an activating group) is 1. The first-order valence-electron chi connectivity index (χ1n) is 8.94. The summed E-state index contributed by atoms with van der Waals surface area (Å²) in [5.41, 5.74) is 2.26. The van der Waals surface area contributed by atoms with Gasteiger partial charge in [0.25, 0.3) is 0 Å². The van der Waals surface area contributed by atoms with Crippen LogP contribution in [0.3, 0.4) is 0 Å². The summed E-state index contributed by atoms with van der Waals surface area (Å²) < 4.78 is 10.6. The van der Waals surface area contributed by atoms with Gasteiger partial charge in [0.2, 0.25) is 5.95 Å². The molecule has 0 spiro atoms. The Balaban J connectivity index is 1.60. The van der Waals surface area contributed by atoms with Crippen LogP contribution in [0, 0.1) is 0 Å². The van der Waals surface area contributed by atoms with Crippen LogP contribution >= 0.6 is 0 Å². The highest BCUT2D eigenvalue weighted by molar-refractivity contribution is 5.44. The molecule has 0 unspecified atom stereocenters. The van der Waals surface area contributed by atoms with E-state index in [9.17, 15) is 0 Å². The van der Waals surface area contributed by atoms with E-state index in [1.807, 2.05) is 37.4 Å². The van der Waals surface area contributed by atoms with Gasteiger partial charge < -0.3 is 19.7 Å². The molecule has 8 heteroatoms. The average molecular weight is 380 g/mol. The molecule has 0 saturated carbocycles. The van der Waals surface area contributed by atoms with Crippen molar-refractivity contribution in [2.45, 2.75) is 13.0 Å². The van der Waals surface area contributed by atoms with Gasteiger partial charge in [-0.15, -0.1) is 5.10 Å². The van der Waals surface area contributed by atoms with Gasteiger partial charge in [0.05, 0.1) is 20.4 Å². The monoisotopic (exact) mass is 380 g/mol. The molecule has 0 aliphatic rings. The summed E-state index contributed by atoms with van der Waals surface area (Å²) in [5.74, 6) is 2.62.